The van der Waals surface area contributed by atoms with Crippen LogP contribution in [0.5, 0.6) is 0 Å². The lowest BCUT2D eigenvalue weighted by atomic mass is 10.1. The lowest BCUT2D eigenvalue weighted by molar-refractivity contribution is 0.0601. The molecule has 0 N–H and O–H groups in total. The van der Waals surface area contributed by atoms with Crippen molar-refractivity contribution in [3.05, 3.63) is 93.9 Å². The molecule has 176 valence electrons. The van der Waals surface area contributed by atoms with E-state index in [0.29, 0.717) is 44.9 Å². The second-order valence-electron chi connectivity index (χ2n) is 7.76. The molecule has 0 radical (unpaired) electrons. The van der Waals surface area contributed by atoms with E-state index in [1.165, 1.54) is 23.4 Å². The van der Waals surface area contributed by atoms with E-state index in [1.54, 1.807) is 36.6 Å². The van der Waals surface area contributed by atoms with Crippen LogP contribution in [0.4, 0.5) is 0 Å². The van der Waals surface area contributed by atoms with E-state index in [1.807, 2.05) is 31.2 Å². The summed E-state index contributed by atoms with van der Waals surface area (Å²) in [6.07, 6.45) is 1.55. The first-order valence-electron chi connectivity index (χ1n) is 10.7. The molecule has 0 spiro atoms. The van der Waals surface area contributed by atoms with Crippen LogP contribution in [0.15, 0.2) is 79.8 Å². The number of fused-ring (bicyclic) bond motifs is 1. The van der Waals surface area contributed by atoms with Crippen LogP contribution in [-0.4, -0.2) is 32.8 Å². The van der Waals surface area contributed by atoms with Crippen LogP contribution in [0.1, 0.15) is 27.5 Å². The number of ether oxygens (including phenoxy) is 1. The van der Waals surface area contributed by atoms with Gasteiger partial charge in [-0.2, -0.15) is 4.98 Å². The van der Waals surface area contributed by atoms with Crippen LogP contribution in [-0.2, 0) is 17.0 Å². The van der Waals surface area contributed by atoms with Crippen molar-refractivity contribution < 1.29 is 18.5 Å². The number of benzene rings is 2. The number of nitrogens with zero attached hydrogens (tertiary/aromatic N) is 4. The van der Waals surface area contributed by atoms with Gasteiger partial charge in [0.1, 0.15) is 5.76 Å². The predicted molar refractivity (Wildman–Crippen MR) is 129 cm³/mol. The number of carbonyl (C=O) groups is 1. The van der Waals surface area contributed by atoms with Crippen LogP contribution in [0, 0.1) is 6.92 Å². The van der Waals surface area contributed by atoms with Crippen molar-refractivity contribution in [3.8, 4) is 11.5 Å². The zero-order valence-corrected chi connectivity index (χ0v) is 19.7. The van der Waals surface area contributed by atoms with Crippen molar-refractivity contribution in [2.45, 2.75) is 24.4 Å². The summed E-state index contributed by atoms with van der Waals surface area (Å²) in [5.74, 6) is 1.32. The SMILES string of the molecule is COC(=O)c1ccc2c(=O)n(Cc3ccco3)c(SCc3noc(-c4ccc(C)cc4)n3)nc2c1. The number of hydrogen-bond donors (Lipinski definition) is 0. The zero-order valence-electron chi connectivity index (χ0n) is 18.9. The van der Waals surface area contributed by atoms with E-state index in [0.717, 1.165) is 11.1 Å². The number of rotatable bonds is 7. The first-order valence-corrected chi connectivity index (χ1v) is 11.7. The highest BCUT2D eigenvalue weighted by Crippen LogP contribution is 2.25. The minimum atomic E-state index is -0.502. The Bertz CT molecular complexity index is 1560. The Hall–Kier alpha value is -4.18. The number of aryl methyl sites for hydroxylation is 1. The smallest absolute Gasteiger partial charge is 0.337 e. The van der Waals surface area contributed by atoms with E-state index in [-0.39, 0.29) is 12.1 Å². The molecule has 0 bridgehead atoms. The molecule has 0 saturated heterocycles. The molecule has 10 heteroatoms. The van der Waals surface area contributed by atoms with Crippen molar-refractivity contribution >= 4 is 28.6 Å². The van der Waals surface area contributed by atoms with E-state index >= 15 is 0 Å². The Labute approximate surface area is 203 Å². The summed E-state index contributed by atoms with van der Waals surface area (Å²) in [7, 11) is 1.30. The lowest BCUT2D eigenvalue weighted by Crippen LogP contribution is -2.24. The quantitative estimate of drug-likeness (QED) is 0.186. The van der Waals surface area contributed by atoms with Gasteiger partial charge in [0, 0.05) is 5.56 Å². The standard InChI is InChI=1S/C25H20N4O5S/c1-15-5-7-16(8-6-15)22-27-21(28-34-22)14-35-25-26-20-12-17(24(31)32-2)9-10-19(20)23(30)29(25)13-18-4-3-11-33-18/h3-12H,13-14H2,1-2H3. The number of aromatic nitrogens is 4. The first-order chi connectivity index (χ1) is 17.0. The number of esters is 1. The van der Waals surface area contributed by atoms with Crippen molar-refractivity contribution in [2.24, 2.45) is 0 Å². The first kappa shape index (κ1) is 22.6. The topological polar surface area (TPSA) is 113 Å². The highest BCUT2D eigenvalue weighted by molar-refractivity contribution is 7.98. The van der Waals surface area contributed by atoms with Crippen LogP contribution in [0.25, 0.3) is 22.4 Å². The van der Waals surface area contributed by atoms with Crippen LogP contribution in [0.3, 0.4) is 0 Å². The Morgan fingerprint density at radius 1 is 1.11 bits per heavy atom. The molecule has 0 saturated carbocycles. The summed E-state index contributed by atoms with van der Waals surface area (Å²) >= 11 is 1.29. The Morgan fingerprint density at radius 2 is 1.94 bits per heavy atom. The second-order valence-corrected chi connectivity index (χ2v) is 8.70. The molecule has 0 unspecified atom stereocenters. The third kappa shape index (κ3) is 4.73. The molecule has 0 aliphatic rings. The van der Waals surface area contributed by atoms with Gasteiger partial charge < -0.3 is 13.7 Å². The normalized spacial score (nSPS) is 11.1. The molecule has 35 heavy (non-hydrogen) atoms. The van der Waals surface area contributed by atoms with Crippen LogP contribution >= 0.6 is 11.8 Å². The van der Waals surface area contributed by atoms with Crippen LogP contribution < -0.4 is 5.56 Å². The number of furan rings is 1. The van der Waals surface area contributed by atoms with Gasteiger partial charge in [0.2, 0.25) is 0 Å². The van der Waals surface area contributed by atoms with Crippen LogP contribution in [0.2, 0.25) is 0 Å². The van der Waals surface area contributed by atoms with Gasteiger partial charge in [-0.25, -0.2) is 9.78 Å². The Morgan fingerprint density at radius 3 is 2.69 bits per heavy atom. The van der Waals surface area contributed by atoms with Gasteiger partial charge in [-0.1, -0.05) is 34.6 Å². The highest BCUT2D eigenvalue weighted by Gasteiger charge is 2.17. The molecular formula is C25H20N4O5S. The van der Waals surface area contributed by atoms with Gasteiger partial charge in [0.25, 0.3) is 11.4 Å². The average Bonchev–Trinajstić information content (AvgIpc) is 3.57. The number of thioether (sulfide) groups is 1. The zero-order chi connectivity index (χ0) is 24.4. The lowest BCUT2D eigenvalue weighted by Gasteiger charge is -2.12. The molecule has 3 aromatic heterocycles. The minimum absolute atomic E-state index is 0.205. The summed E-state index contributed by atoms with van der Waals surface area (Å²) in [5.41, 5.74) is 2.42. The third-order valence-corrected chi connectivity index (χ3v) is 6.30. The summed E-state index contributed by atoms with van der Waals surface area (Å²) in [4.78, 5) is 34.5. The van der Waals surface area contributed by atoms with Crippen molar-refractivity contribution in [1.29, 1.82) is 0 Å². The molecule has 3 heterocycles. The van der Waals surface area contributed by atoms with E-state index in [2.05, 4.69) is 15.1 Å². The maximum absolute atomic E-state index is 13.4. The van der Waals surface area contributed by atoms with Gasteiger partial charge in [-0.3, -0.25) is 9.36 Å². The van der Waals surface area contributed by atoms with Gasteiger partial charge in [-0.05, 0) is 49.4 Å². The number of hydrogen-bond acceptors (Lipinski definition) is 9. The fraction of sp³-hybridized carbons (Fsp3) is 0.160. The average molecular weight is 489 g/mol. The number of methoxy groups -OCH3 is 1. The summed E-state index contributed by atoms with van der Waals surface area (Å²) in [5, 5.41) is 4.88. The largest absolute Gasteiger partial charge is 0.467 e. The van der Waals surface area contributed by atoms with Gasteiger partial charge >= 0.3 is 5.97 Å². The van der Waals surface area contributed by atoms with Crippen molar-refractivity contribution in [2.75, 3.05) is 7.11 Å². The maximum atomic E-state index is 13.4. The molecule has 9 nitrogen and oxygen atoms in total. The summed E-state index contributed by atoms with van der Waals surface area (Å²) < 4.78 is 17.2. The van der Waals surface area contributed by atoms with Gasteiger partial charge in [-0.15, -0.1) is 0 Å². The van der Waals surface area contributed by atoms with Crippen molar-refractivity contribution in [1.82, 2.24) is 19.7 Å². The Kier molecular flexibility index (Phi) is 6.19. The molecule has 0 fully saturated rings. The summed E-state index contributed by atoms with van der Waals surface area (Å²) in [6.45, 7) is 2.21. The molecular weight excluding hydrogens is 468 g/mol. The maximum Gasteiger partial charge on any atom is 0.337 e. The predicted octanol–water partition coefficient (Wildman–Crippen LogP) is 4.48. The summed E-state index contributed by atoms with van der Waals surface area (Å²) in [6, 6.07) is 16.0. The van der Waals surface area contributed by atoms with Gasteiger partial charge in [0.15, 0.2) is 11.0 Å². The van der Waals surface area contributed by atoms with Crippen molar-refractivity contribution in [3.63, 3.8) is 0 Å². The molecule has 5 rings (SSSR count). The monoisotopic (exact) mass is 488 g/mol. The van der Waals surface area contributed by atoms with E-state index < -0.39 is 5.97 Å². The fourth-order valence-corrected chi connectivity index (χ4v) is 4.35. The second kappa shape index (κ2) is 9.59. The molecule has 5 aromatic rings. The third-order valence-electron chi connectivity index (χ3n) is 5.33. The molecule has 0 amide bonds. The van der Waals surface area contributed by atoms with E-state index in [9.17, 15) is 9.59 Å². The number of carbonyl (C=O) groups excluding carboxylic acids is 1. The molecule has 2 aromatic carbocycles. The molecule has 0 atom stereocenters. The fourth-order valence-electron chi connectivity index (χ4n) is 3.51. The highest BCUT2D eigenvalue weighted by atomic mass is 32.2. The van der Waals surface area contributed by atoms with E-state index in [4.69, 9.17) is 13.7 Å². The molecule has 0 aliphatic carbocycles. The minimum Gasteiger partial charge on any atom is -0.467 e. The molecule has 0 aliphatic heterocycles. The van der Waals surface area contributed by atoms with Gasteiger partial charge in [0.05, 0.1) is 42.1 Å². The Balaban J connectivity index is 1.49.